The van der Waals surface area contributed by atoms with Crippen LogP contribution in [0.1, 0.15) is 22.6 Å². The number of nitrogens with zero attached hydrogens (tertiary/aromatic N) is 2. The number of imidazole rings is 1. The number of fused-ring (bicyclic) bond motifs is 1. The fourth-order valence-electron chi connectivity index (χ4n) is 3.55. The van der Waals surface area contributed by atoms with E-state index in [0.29, 0.717) is 40.9 Å². The van der Waals surface area contributed by atoms with Gasteiger partial charge in [0, 0.05) is 30.1 Å². The van der Waals surface area contributed by atoms with Crippen molar-refractivity contribution in [2.24, 2.45) is 0 Å². The molecule has 1 aromatic heterocycles. The van der Waals surface area contributed by atoms with Gasteiger partial charge in [-0.3, -0.25) is 4.79 Å². The van der Waals surface area contributed by atoms with Crippen LogP contribution in [0, 0.1) is 0 Å². The molecule has 32 heavy (non-hydrogen) atoms. The summed E-state index contributed by atoms with van der Waals surface area (Å²) in [5.74, 6) is 1.47. The van der Waals surface area contributed by atoms with Crippen molar-refractivity contribution >= 4 is 40.1 Å². The zero-order valence-electron chi connectivity index (χ0n) is 17.4. The van der Waals surface area contributed by atoms with Crippen LogP contribution in [0.3, 0.4) is 0 Å². The Morgan fingerprint density at radius 3 is 2.66 bits per heavy atom. The van der Waals surface area contributed by atoms with E-state index in [1.165, 1.54) is 0 Å². The molecule has 1 heterocycles. The minimum Gasteiger partial charge on any atom is -0.492 e. The van der Waals surface area contributed by atoms with Crippen LogP contribution in [0.15, 0.2) is 72.8 Å². The van der Waals surface area contributed by atoms with Crippen molar-refractivity contribution in [2.45, 2.75) is 19.4 Å². The normalized spacial score (nSPS) is 10.9. The molecule has 0 aliphatic rings. The monoisotopic (exact) mass is 467 g/mol. The molecular formula is C25H23Cl2N3O2. The third kappa shape index (κ3) is 5.42. The lowest BCUT2D eigenvalue weighted by molar-refractivity contribution is 0.0954. The van der Waals surface area contributed by atoms with Crippen LogP contribution < -0.4 is 10.1 Å². The number of aromatic nitrogens is 2. The van der Waals surface area contributed by atoms with Gasteiger partial charge in [0.05, 0.1) is 22.7 Å². The lowest BCUT2D eigenvalue weighted by atomic mass is 10.2. The Kier molecular flexibility index (Phi) is 7.30. The maximum absolute atomic E-state index is 12.4. The second-order valence-electron chi connectivity index (χ2n) is 7.32. The highest BCUT2D eigenvalue weighted by molar-refractivity contribution is 6.32. The van der Waals surface area contributed by atoms with Gasteiger partial charge in [-0.25, -0.2) is 4.98 Å². The fourth-order valence-corrected chi connectivity index (χ4v) is 3.93. The first kappa shape index (κ1) is 22.2. The Balaban J connectivity index is 1.38. The van der Waals surface area contributed by atoms with E-state index in [9.17, 15) is 4.79 Å². The van der Waals surface area contributed by atoms with Gasteiger partial charge in [-0.1, -0.05) is 53.5 Å². The maximum atomic E-state index is 12.4. The highest BCUT2D eigenvalue weighted by atomic mass is 35.5. The summed E-state index contributed by atoms with van der Waals surface area (Å²) in [7, 11) is 0. The SMILES string of the molecule is O=C(NCCc1nc2ccccc2n1CCCOc1ccccc1Cl)c1cccc(Cl)c1. The summed E-state index contributed by atoms with van der Waals surface area (Å²) in [5, 5.41) is 4.10. The first-order chi connectivity index (χ1) is 15.6. The second kappa shape index (κ2) is 10.5. The van der Waals surface area contributed by atoms with Gasteiger partial charge in [-0.2, -0.15) is 0 Å². The highest BCUT2D eigenvalue weighted by Crippen LogP contribution is 2.23. The number of ether oxygens (including phenoxy) is 1. The van der Waals surface area contributed by atoms with Crippen LogP contribution in [0.4, 0.5) is 0 Å². The third-order valence-corrected chi connectivity index (χ3v) is 5.62. The summed E-state index contributed by atoms with van der Waals surface area (Å²) in [6.07, 6.45) is 1.42. The first-order valence-corrected chi connectivity index (χ1v) is 11.2. The molecule has 5 nitrogen and oxygen atoms in total. The molecule has 0 saturated heterocycles. The van der Waals surface area contributed by atoms with E-state index in [1.807, 2.05) is 42.5 Å². The second-order valence-corrected chi connectivity index (χ2v) is 8.16. The van der Waals surface area contributed by atoms with Crippen LogP contribution in [-0.2, 0) is 13.0 Å². The predicted molar refractivity (Wildman–Crippen MR) is 129 cm³/mol. The van der Waals surface area contributed by atoms with Crippen molar-refractivity contribution in [3.63, 3.8) is 0 Å². The molecule has 4 aromatic rings. The number of carbonyl (C=O) groups excluding carboxylic acids is 1. The number of halogens is 2. The van der Waals surface area contributed by atoms with Gasteiger partial charge in [0.1, 0.15) is 11.6 Å². The average molecular weight is 468 g/mol. The maximum Gasteiger partial charge on any atom is 0.251 e. The van der Waals surface area contributed by atoms with E-state index >= 15 is 0 Å². The molecule has 0 fully saturated rings. The summed E-state index contributed by atoms with van der Waals surface area (Å²) < 4.78 is 8.02. The molecule has 164 valence electrons. The average Bonchev–Trinajstić information content (AvgIpc) is 3.15. The zero-order chi connectivity index (χ0) is 22.3. The van der Waals surface area contributed by atoms with Crippen molar-refractivity contribution < 1.29 is 9.53 Å². The Morgan fingerprint density at radius 1 is 1.00 bits per heavy atom. The number of rotatable bonds is 9. The van der Waals surface area contributed by atoms with E-state index in [0.717, 1.165) is 29.8 Å². The Labute approximate surface area is 196 Å². The van der Waals surface area contributed by atoms with Crippen LogP contribution in [-0.4, -0.2) is 28.6 Å². The molecule has 0 aliphatic carbocycles. The number of carbonyl (C=O) groups is 1. The van der Waals surface area contributed by atoms with Gasteiger partial charge in [-0.05, 0) is 48.9 Å². The Hall–Kier alpha value is -3.02. The van der Waals surface area contributed by atoms with E-state index in [-0.39, 0.29) is 5.91 Å². The molecule has 4 rings (SSSR count). The third-order valence-electron chi connectivity index (χ3n) is 5.07. The van der Waals surface area contributed by atoms with Crippen LogP contribution in [0.2, 0.25) is 10.0 Å². The molecule has 0 unspecified atom stereocenters. The van der Waals surface area contributed by atoms with E-state index in [1.54, 1.807) is 24.3 Å². The number of nitrogens with one attached hydrogen (secondary N) is 1. The number of para-hydroxylation sites is 3. The summed E-state index contributed by atoms with van der Waals surface area (Å²) in [6.45, 7) is 1.77. The van der Waals surface area contributed by atoms with E-state index in [2.05, 4.69) is 16.0 Å². The lowest BCUT2D eigenvalue weighted by Gasteiger charge is -2.11. The number of hydrogen-bond donors (Lipinski definition) is 1. The van der Waals surface area contributed by atoms with Crippen molar-refractivity contribution in [2.75, 3.05) is 13.2 Å². The van der Waals surface area contributed by atoms with Gasteiger partial charge in [-0.15, -0.1) is 0 Å². The van der Waals surface area contributed by atoms with Crippen LogP contribution in [0.5, 0.6) is 5.75 Å². The predicted octanol–water partition coefficient (Wildman–Crippen LogP) is 5.78. The van der Waals surface area contributed by atoms with Gasteiger partial charge in [0.15, 0.2) is 0 Å². The smallest absolute Gasteiger partial charge is 0.251 e. The molecular weight excluding hydrogens is 445 g/mol. The number of benzene rings is 3. The molecule has 0 bridgehead atoms. The van der Waals surface area contributed by atoms with Crippen molar-refractivity contribution in [3.05, 3.63) is 94.2 Å². The number of amides is 1. The minimum absolute atomic E-state index is 0.150. The van der Waals surface area contributed by atoms with Crippen molar-refractivity contribution in [3.8, 4) is 5.75 Å². The molecule has 0 atom stereocenters. The molecule has 0 aliphatic heterocycles. The van der Waals surface area contributed by atoms with Crippen molar-refractivity contribution in [1.29, 1.82) is 0 Å². The summed E-state index contributed by atoms with van der Waals surface area (Å²) in [6, 6.07) is 22.4. The molecule has 1 amide bonds. The molecule has 3 aromatic carbocycles. The lowest BCUT2D eigenvalue weighted by Crippen LogP contribution is -2.26. The van der Waals surface area contributed by atoms with E-state index < -0.39 is 0 Å². The molecule has 7 heteroatoms. The molecule has 0 radical (unpaired) electrons. The first-order valence-electron chi connectivity index (χ1n) is 10.5. The quantitative estimate of drug-likeness (QED) is 0.317. The van der Waals surface area contributed by atoms with Crippen LogP contribution in [0.25, 0.3) is 11.0 Å². The minimum atomic E-state index is -0.150. The Bertz CT molecular complexity index is 1220. The fraction of sp³-hybridized carbons (Fsp3) is 0.200. The van der Waals surface area contributed by atoms with Gasteiger partial charge < -0.3 is 14.6 Å². The van der Waals surface area contributed by atoms with Crippen molar-refractivity contribution in [1.82, 2.24) is 14.9 Å². The molecule has 1 N–H and O–H groups in total. The number of aryl methyl sites for hydroxylation is 1. The van der Waals surface area contributed by atoms with Gasteiger partial charge in [0.25, 0.3) is 5.91 Å². The topological polar surface area (TPSA) is 56.2 Å². The largest absolute Gasteiger partial charge is 0.492 e. The van der Waals surface area contributed by atoms with Gasteiger partial charge >= 0.3 is 0 Å². The molecule has 0 saturated carbocycles. The zero-order valence-corrected chi connectivity index (χ0v) is 18.9. The summed E-state index contributed by atoms with van der Waals surface area (Å²) >= 11 is 12.1. The molecule has 0 spiro atoms. The van der Waals surface area contributed by atoms with E-state index in [4.69, 9.17) is 32.9 Å². The standard InChI is InChI=1S/C25H23Cl2N3O2/c26-19-8-5-7-18(17-19)25(31)28-14-13-24-29-21-10-2-3-11-22(21)30(24)15-6-16-32-23-12-4-1-9-20(23)27/h1-5,7-12,17H,6,13-16H2,(H,28,31). The number of hydrogen-bond acceptors (Lipinski definition) is 3. The van der Waals surface area contributed by atoms with Crippen LogP contribution >= 0.6 is 23.2 Å². The highest BCUT2D eigenvalue weighted by Gasteiger charge is 2.12. The Morgan fingerprint density at radius 2 is 1.81 bits per heavy atom. The summed E-state index contributed by atoms with van der Waals surface area (Å²) in [4.78, 5) is 17.2. The summed E-state index contributed by atoms with van der Waals surface area (Å²) in [5.41, 5.74) is 2.56. The van der Waals surface area contributed by atoms with Gasteiger partial charge in [0.2, 0.25) is 0 Å².